The van der Waals surface area contributed by atoms with Gasteiger partial charge in [-0.2, -0.15) is 0 Å². The lowest BCUT2D eigenvalue weighted by molar-refractivity contribution is -0.119. The van der Waals surface area contributed by atoms with Gasteiger partial charge in [0.25, 0.3) is 0 Å². The van der Waals surface area contributed by atoms with Gasteiger partial charge in [0.15, 0.2) is 0 Å². The summed E-state index contributed by atoms with van der Waals surface area (Å²) in [6, 6.07) is 6.84. The largest absolute Gasteiger partial charge is 0.369 e. The van der Waals surface area contributed by atoms with Crippen LogP contribution in [0.3, 0.4) is 0 Å². The Morgan fingerprint density at radius 1 is 1.50 bits per heavy atom. The normalized spacial score (nSPS) is 19.6. The predicted octanol–water partition coefficient (Wildman–Crippen LogP) is 1.35. The van der Waals surface area contributed by atoms with Gasteiger partial charge in [0.1, 0.15) is 6.04 Å². The fraction of sp³-hybridized carbons (Fsp3) is 0.562. The average molecular weight is 273 g/mol. The summed E-state index contributed by atoms with van der Waals surface area (Å²) in [5.41, 5.74) is 9.51. The monoisotopic (exact) mass is 273 g/mol. The second-order valence-corrected chi connectivity index (χ2v) is 6.08. The van der Waals surface area contributed by atoms with Crippen LogP contribution in [0, 0.1) is 6.92 Å². The maximum Gasteiger partial charge on any atom is 0.236 e. The molecule has 4 heteroatoms. The van der Waals surface area contributed by atoms with Crippen molar-refractivity contribution < 1.29 is 4.79 Å². The number of benzene rings is 1. The molecule has 1 amide bonds. The number of aryl methyl sites for hydroxylation is 2. The first-order valence-electron chi connectivity index (χ1n) is 7.53. The zero-order chi connectivity index (χ0) is 14.1. The maximum atomic E-state index is 11.6. The topological polar surface area (TPSA) is 58.4 Å². The first-order chi connectivity index (χ1) is 9.63. The van der Waals surface area contributed by atoms with Crippen LogP contribution in [-0.2, 0) is 11.2 Å². The van der Waals surface area contributed by atoms with E-state index in [0.717, 1.165) is 19.4 Å². The van der Waals surface area contributed by atoms with Crippen molar-refractivity contribution >= 4 is 11.6 Å². The van der Waals surface area contributed by atoms with Crippen LogP contribution in [0.15, 0.2) is 18.2 Å². The lowest BCUT2D eigenvalue weighted by atomic mass is 9.99. The number of nitrogens with two attached hydrogens (primary N) is 1. The first kappa shape index (κ1) is 13.4. The van der Waals surface area contributed by atoms with Crippen molar-refractivity contribution in [3.8, 4) is 0 Å². The number of carbonyl (C=O) groups is 1. The van der Waals surface area contributed by atoms with Crippen molar-refractivity contribution in [3.63, 3.8) is 0 Å². The summed E-state index contributed by atoms with van der Waals surface area (Å²) >= 11 is 0. The molecule has 20 heavy (non-hydrogen) atoms. The number of primary amides is 1. The van der Waals surface area contributed by atoms with Gasteiger partial charge < -0.3 is 16.0 Å². The first-order valence-corrected chi connectivity index (χ1v) is 7.53. The minimum absolute atomic E-state index is 0.240. The molecule has 0 radical (unpaired) electrons. The molecule has 2 aliphatic rings. The highest BCUT2D eigenvalue weighted by molar-refractivity contribution is 5.81. The van der Waals surface area contributed by atoms with E-state index >= 15 is 0 Å². The highest BCUT2D eigenvalue weighted by atomic mass is 16.1. The molecule has 1 fully saturated rings. The Hall–Kier alpha value is -1.55. The summed E-state index contributed by atoms with van der Waals surface area (Å²) in [5.74, 6) is -0.240. The molecule has 108 valence electrons. The summed E-state index contributed by atoms with van der Waals surface area (Å²) in [4.78, 5) is 13.9. The molecule has 0 spiro atoms. The fourth-order valence-electron chi connectivity index (χ4n) is 2.97. The smallest absolute Gasteiger partial charge is 0.236 e. The molecule has 1 heterocycles. The predicted molar refractivity (Wildman–Crippen MR) is 80.9 cm³/mol. The number of anilines is 1. The van der Waals surface area contributed by atoms with Crippen LogP contribution in [0.5, 0.6) is 0 Å². The van der Waals surface area contributed by atoms with Crippen molar-refractivity contribution in [2.45, 2.75) is 44.7 Å². The number of carbonyl (C=O) groups excluding carboxylic acids is 1. The summed E-state index contributed by atoms with van der Waals surface area (Å²) < 4.78 is 0. The van der Waals surface area contributed by atoms with Gasteiger partial charge in [-0.25, -0.2) is 0 Å². The van der Waals surface area contributed by atoms with E-state index < -0.39 is 0 Å². The maximum absolute atomic E-state index is 11.6. The molecule has 0 aromatic heterocycles. The van der Waals surface area contributed by atoms with Crippen molar-refractivity contribution in [2.75, 3.05) is 18.0 Å². The molecule has 4 nitrogen and oxygen atoms in total. The number of hydrogen-bond acceptors (Lipinski definition) is 3. The summed E-state index contributed by atoms with van der Waals surface area (Å²) in [6.07, 6.45) is 4.61. The highest BCUT2D eigenvalue weighted by Crippen LogP contribution is 2.28. The fourth-order valence-corrected chi connectivity index (χ4v) is 2.97. The van der Waals surface area contributed by atoms with Gasteiger partial charge >= 0.3 is 0 Å². The van der Waals surface area contributed by atoms with Crippen molar-refractivity contribution in [2.24, 2.45) is 5.73 Å². The van der Waals surface area contributed by atoms with E-state index in [4.69, 9.17) is 5.73 Å². The standard InChI is InChI=1S/C16H23N3O/c1-11-4-7-15-12(9-11)3-2-8-19(15)10-14(16(17)20)18-13-5-6-13/h4,7,9,13-14,18H,2-3,5-6,8,10H2,1H3,(H2,17,20). The molecule has 3 N–H and O–H groups in total. The summed E-state index contributed by atoms with van der Waals surface area (Å²) in [6.45, 7) is 3.81. The Bertz CT molecular complexity index is 510. The zero-order valence-corrected chi connectivity index (χ0v) is 12.1. The number of nitrogens with zero attached hydrogens (tertiary/aromatic N) is 1. The summed E-state index contributed by atoms with van der Waals surface area (Å²) in [5, 5.41) is 3.36. The number of nitrogens with one attached hydrogen (secondary N) is 1. The van der Waals surface area contributed by atoms with Gasteiger partial charge in [-0.3, -0.25) is 4.79 Å². The average Bonchev–Trinajstić information content (AvgIpc) is 3.21. The molecular formula is C16H23N3O. The number of fused-ring (bicyclic) bond motifs is 1. The molecule has 0 saturated heterocycles. The third-order valence-electron chi connectivity index (χ3n) is 4.21. The zero-order valence-electron chi connectivity index (χ0n) is 12.1. The van der Waals surface area contributed by atoms with Gasteiger partial charge in [-0.05, 0) is 44.2 Å². The Balaban J connectivity index is 1.75. The second-order valence-electron chi connectivity index (χ2n) is 6.08. The Morgan fingerprint density at radius 2 is 2.30 bits per heavy atom. The van der Waals surface area contributed by atoms with Crippen molar-refractivity contribution in [1.82, 2.24) is 5.32 Å². The van der Waals surface area contributed by atoms with Gasteiger partial charge in [-0.15, -0.1) is 0 Å². The lowest BCUT2D eigenvalue weighted by Gasteiger charge is -2.34. The molecule has 0 bridgehead atoms. The van der Waals surface area contributed by atoms with Crippen LogP contribution in [0.1, 0.15) is 30.4 Å². The van der Waals surface area contributed by atoms with Crippen LogP contribution in [0.2, 0.25) is 0 Å². The van der Waals surface area contributed by atoms with E-state index in [1.807, 2.05) is 0 Å². The van der Waals surface area contributed by atoms with Gasteiger partial charge in [0.05, 0.1) is 0 Å². The number of amides is 1. The highest BCUT2D eigenvalue weighted by Gasteiger charge is 2.29. The van der Waals surface area contributed by atoms with E-state index in [-0.39, 0.29) is 11.9 Å². The van der Waals surface area contributed by atoms with E-state index in [0.29, 0.717) is 12.6 Å². The molecule has 1 saturated carbocycles. The van der Waals surface area contributed by atoms with Gasteiger partial charge in [-0.1, -0.05) is 17.7 Å². The minimum Gasteiger partial charge on any atom is -0.369 e. The minimum atomic E-state index is -0.241. The van der Waals surface area contributed by atoms with E-state index in [1.165, 1.54) is 29.7 Å². The van der Waals surface area contributed by atoms with E-state index in [9.17, 15) is 4.79 Å². The van der Waals surface area contributed by atoms with Crippen molar-refractivity contribution in [1.29, 1.82) is 0 Å². The molecule has 1 aliphatic carbocycles. The van der Waals surface area contributed by atoms with Crippen LogP contribution < -0.4 is 16.0 Å². The molecule has 1 aromatic rings. The number of hydrogen-bond donors (Lipinski definition) is 2. The van der Waals surface area contributed by atoms with Crippen LogP contribution >= 0.6 is 0 Å². The molecule has 1 aromatic carbocycles. The van der Waals surface area contributed by atoms with E-state index in [2.05, 4.69) is 35.3 Å². The Morgan fingerprint density at radius 3 is 3.00 bits per heavy atom. The van der Waals surface area contributed by atoms with Crippen LogP contribution in [-0.4, -0.2) is 31.1 Å². The molecule has 1 atom stereocenters. The van der Waals surface area contributed by atoms with Gasteiger partial charge in [0, 0.05) is 24.8 Å². The molecule has 3 rings (SSSR count). The quantitative estimate of drug-likeness (QED) is 0.851. The lowest BCUT2D eigenvalue weighted by Crippen LogP contribution is -2.51. The molecular weight excluding hydrogens is 250 g/mol. The Labute approximate surface area is 120 Å². The van der Waals surface area contributed by atoms with E-state index in [1.54, 1.807) is 0 Å². The molecule has 1 unspecified atom stereocenters. The van der Waals surface area contributed by atoms with Gasteiger partial charge in [0.2, 0.25) is 5.91 Å². The summed E-state index contributed by atoms with van der Waals surface area (Å²) in [7, 11) is 0. The SMILES string of the molecule is Cc1ccc2c(c1)CCCN2CC(NC1CC1)C(N)=O. The van der Waals surface area contributed by atoms with Crippen LogP contribution in [0.25, 0.3) is 0 Å². The Kier molecular flexibility index (Phi) is 3.66. The third-order valence-corrected chi connectivity index (χ3v) is 4.21. The third kappa shape index (κ3) is 2.96. The van der Waals surface area contributed by atoms with Crippen LogP contribution in [0.4, 0.5) is 5.69 Å². The second kappa shape index (κ2) is 5.44. The number of rotatable bonds is 5. The molecule has 1 aliphatic heterocycles. The van der Waals surface area contributed by atoms with Crippen molar-refractivity contribution in [3.05, 3.63) is 29.3 Å².